The molecule has 1 aliphatic heterocycles. The summed E-state index contributed by atoms with van der Waals surface area (Å²) in [5.74, 6) is 0.388. The zero-order valence-electron chi connectivity index (χ0n) is 18.6. The Kier molecular flexibility index (Phi) is 4.96. The summed E-state index contributed by atoms with van der Waals surface area (Å²) in [7, 11) is 1.51. The van der Waals surface area contributed by atoms with Gasteiger partial charge in [-0.1, -0.05) is 78.1 Å². The fourth-order valence-electron chi connectivity index (χ4n) is 4.92. The van der Waals surface area contributed by atoms with Crippen LogP contribution >= 0.6 is 11.3 Å². The Bertz CT molecular complexity index is 1630. The lowest BCUT2D eigenvalue weighted by atomic mass is 9.83. The zero-order valence-corrected chi connectivity index (χ0v) is 19.4. The Balaban J connectivity index is 1.62. The van der Waals surface area contributed by atoms with Gasteiger partial charge in [0.05, 0.1) is 23.4 Å². The monoisotopic (exact) mass is 466 g/mol. The number of aromatic hydroxyl groups is 1. The van der Waals surface area contributed by atoms with Gasteiger partial charge in [0, 0.05) is 11.1 Å². The number of phenols is 1. The second-order valence-corrected chi connectivity index (χ2v) is 9.43. The van der Waals surface area contributed by atoms with Crippen molar-refractivity contribution in [3.63, 3.8) is 0 Å². The Labute approximate surface area is 200 Å². The van der Waals surface area contributed by atoms with E-state index in [1.807, 2.05) is 28.8 Å². The van der Waals surface area contributed by atoms with Crippen LogP contribution in [0.5, 0.6) is 11.5 Å². The third kappa shape index (κ3) is 3.22. The van der Waals surface area contributed by atoms with Gasteiger partial charge in [0.1, 0.15) is 0 Å². The first kappa shape index (κ1) is 20.7. The van der Waals surface area contributed by atoms with Gasteiger partial charge >= 0.3 is 0 Å². The van der Waals surface area contributed by atoms with Crippen molar-refractivity contribution in [2.75, 3.05) is 7.11 Å². The molecule has 1 unspecified atom stereocenters. The number of phenolic OH excluding ortho intramolecular Hbond substituents is 1. The van der Waals surface area contributed by atoms with E-state index in [4.69, 9.17) is 9.73 Å². The molecule has 0 saturated carbocycles. The molecule has 6 rings (SSSR count). The molecule has 2 heterocycles. The molecule has 1 aliphatic carbocycles. The molecule has 4 aromatic rings. The fourth-order valence-corrected chi connectivity index (χ4v) is 5.91. The van der Waals surface area contributed by atoms with E-state index in [1.54, 1.807) is 24.3 Å². The van der Waals surface area contributed by atoms with Crippen molar-refractivity contribution < 1.29 is 9.84 Å². The van der Waals surface area contributed by atoms with Gasteiger partial charge in [-0.15, -0.1) is 0 Å². The minimum absolute atomic E-state index is 0.0173. The summed E-state index contributed by atoms with van der Waals surface area (Å²) in [6, 6.07) is 23.6. The van der Waals surface area contributed by atoms with Gasteiger partial charge in [0.25, 0.3) is 5.56 Å². The summed E-state index contributed by atoms with van der Waals surface area (Å²) in [6.45, 7) is 0. The molecule has 0 fully saturated rings. The van der Waals surface area contributed by atoms with Crippen molar-refractivity contribution in [2.45, 2.75) is 18.9 Å². The van der Waals surface area contributed by atoms with Crippen molar-refractivity contribution in [2.24, 2.45) is 4.99 Å². The third-order valence-corrected chi connectivity index (χ3v) is 7.51. The molecule has 3 aromatic carbocycles. The van der Waals surface area contributed by atoms with E-state index in [0.717, 1.165) is 29.7 Å². The molecule has 0 radical (unpaired) electrons. The van der Waals surface area contributed by atoms with Crippen molar-refractivity contribution in [1.29, 1.82) is 0 Å². The maximum absolute atomic E-state index is 13.7. The average molecular weight is 467 g/mol. The van der Waals surface area contributed by atoms with Crippen LogP contribution in [0, 0.1) is 0 Å². The number of hydrogen-bond donors (Lipinski definition) is 1. The SMILES string of the molecule is COc1cccc(/C=c2\sc3n(c2=O)C(c2ccccc2)C2=C(N=3)c3ccccc3CC2)c1O. The highest BCUT2D eigenvalue weighted by molar-refractivity contribution is 7.07. The minimum atomic E-state index is -0.207. The van der Waals surface area contributed by atoms with E-state index in [1.165, 1.54) is 29.6 Å². The summed E-state index contributed by atoms with van der Waals surface area (Å²) < 4.78 is 7.57. The zero-order chi connectivity index (χ0) is 23.2. The molecule has 0 amide bonds. The standard InChI is InChI=1S/C28H22N2O3S/c1-33-22-13-7-11-19(26(22)31)16-23-27(32)30-25(18-9-3-2-4-10-18)21-15-14-17-8-5-6-12-20(17)24(21)29-28(30)34-23/h2-13,16,25,31H,14-15H2,1H3/b23-16-. The van der Waals surface area contributed by atoms with Crippen molar-refractivity contribution >= 4 is 23.1 Å². The Morgan fingerprint density at radius 1 is 1.03 bits per heavy atom. The van der Waals surface area contributed by atoms with Gasteiger partial charge in [-0.3, -0.25) is 9.36 Å². The molecule has 2 aliphatic rings. The number of thiazole rings is 1. The molecule has 1 N–H and O–H groups in total. The maximum Gasteiger partial charge on any atom is 0.271 e. The average Bonchev–Trinajstić information content (AvgIpc) is 3.19. The number of benzene rings is 3. The fraction of sp³-hybridized carbons (Fsp3) is 0.143. The molecular weight excluding hydrogens is 444 g/mol. The highest BCUT2D eigenvalue weighted by Crippen LogP contribution is 2.41. The number of methoxy groups -OCH3 is 1. The van der Waals surface area contributed by atoms with E-state index in [0.29, 0.717) is 20.6 Å². The number of rotatable bonds is 3. The summed E-state index contributed by atoms with van der Waals surface area (Å²) in [5.41, 5.74) is 6.09. The van der Waals surface area contributed by atoms with Crippen LogP contribution in [0.4, 0.5) is 0 Å². The van der Waals surface area contributed by atoms with Gasteiger partial charge < -0.3 is 9.84 Å². The lowest BCUT2D eigenvalue weighted by molar-refractivity contribution is 0.373. The third-order valence-electron chi connectivity index (χ3n) is 6.52. The number of hydrogen-bond acceptors (Lipinski definition) is 5. The molecule has 1 aromatic heterocycles. The number of para-hydroxylation sites is 1. The number of fused-ring (bicyclic) bond motifs is 3. The summed E-state index contributed by atoms with van der Waals surface area (Å²) in [4.78, 5) is 19.4. The Morgan fingerprint density at radius 3 is 2.65 bits per heavy atom. The lowest BCUT2D eigenvalue weighted by Crippen LogP contribution is -2.38. The first-order valence-electron chi connectivity index (χ1n) is 11.2. The van der Waals surface area contributed by atoms with Crippen molar-refractivity contribution in [1.82, 2.24) is 4.57 Å². The second-order valence-electron chi connectivity index (χ2n) is 8.42. The molecule has 168 valence electrons. The van der Waals surface area contributed by atoms with Crippen LogP contribution in [0.15, 0.2) is 88.2 Å². The molecule has 5 nitrogen and oxygen atoms in total. The topological polar surface area (TPSA) is 63.8 Å². The van der Waals surface area contributed by atoms with Gasteiger partial charge in [0.2, 0.25) is 0 Å². The molecule has 34 heavy (non-hydrogen) atoms. The van der Waals surface area contributed by atoms with Gasteiger partial charge in [-0.05, 0) is 41.7 Å². The van der Waals surface area contributed by atoms with Gasteiger partial charge in [-0.25, -0.2) is 4.99 Å². The van der Waals surface area contributed by atoms with Crippen molar-refractivity contribution in [3.05, 3.63) is 120 Å². The van der Waals surface area contributed by atoms with Crippen LogP contribution in [-0.2, 0) is 6.42 Å². The van der Waals surface area contributed by atoms with E-state index < -0.39 is 0 Å². The first-order chi connectivity index (χ1) is 16.7. The quantitative estimate of drug-likeness (QED) is 0.496. The van der Waals surface area contributed by atoms with E-state index in [9.17, 15) is 9.90 Å². The van der Waals surface area contributed by atoms with Crippen LogP contribution in [0.2, 0.25) is 0 Å². The summed E-state index contributed by atoms with van der Waals surface area (Å²) in [6.07, 6.45) is 3.51. The van der Waals surface area contributed by atoms with Crippen molar-refractivity contribution in [3.8, 4) is 11.5 Å². The number of ether oxygens (including phenoxy) is 1. The van der Waals surface area contributed by atoms with Crippen LogP contribution in [0.1, 0.15) is 34.7 Å². The highest BCUT2D eigenvalue weighted by atomic mass is 32.1. The van der Waals surface area contributed by atoms with E-state index in [2.05, 4.69) is 30.3 Å². The first-order valence-corrected chi connectivity index (χ1v) is 12.0. The maximum atomic E-state index is 13.7. The molecule has 6 heteroatoms. The van der Waals surface area contributed by atoms with Gasteiger partial charge in [-0.2, -0.15) is 0 Å². The van der Waals surface area contributed by atoms with Crippen LogP contribution in [0.25, 0.3) is 11.8 Å². The molecule has 0 bridgehead atoms. The minimum Gasteiger partial charge on any atom is -0.504 e. The van der Waals surface area contributed by atoms with Gasteiger partial charge in [0.15, 0.2) is 16.3 Å². The Morgan fingerprint density at radius 2 is 1.82 bits per heavy atom. The predicted molar refractivity (Wildman–Crippen MR) is 134 cm³/mol. The molecule has 0 saturated heterocycles. The van der Waals surface area contributed by atoms with E-state index >= 15 is 0 Å². The van der Waals surface area contributed by atoms with Crippen LogP contribution in [-0.4, -0.2) is 16.8 Å². The van der Waals surface area contributed by atoms with E-state index in [-0.39, 0.29) is 17.4 Å². The number of nitrogens with zero attached hydrogens (tertiary/aromatic N) is 2. The normalized spacial score (nSPS) is 17.0. The largest absolute Gasteiger partial charge is 0.504 e. The smallest absolute Gasteiger partial charge is 0.271 e. The Hall–Kier alpha value is -3.90. The predicted octanol–water partition coefficient (Wildman–Crippen LogP) is 4.03. The summed E-state index contributed by atoms with van der Waals surface area (Å²) in [5, 5.41) is 10.6. The molecule has 0 spiro atoms. The number of aryl methyl sites for hydroxylation is 1. The van der Waals surface area contributed by atoms with Crippen LogP contribution < -0.4 is 19.6 Å². The molecular formula is C28H22N2O3S. The second kappa shape index (κ2) is 8.15. The number of allylic oxidation sites excluding steroid dienone is 1. The lowest BCUT2D eigenvalue weighted by Gasteiger charge is -2.30. The van der Waals surface area contributed by atoms with Crippen LogP contribution in [0.3, 0.4) is 0 Å². The number of aromatic nitrogens is 1. The molecule has 1 atom stereocenters. The summed E-state index contributed by atoms with van der Waals surface area (Å²) >= 11 is 1.35. The highest BCUT2D eigenvalue weighted by Gasteiger charge is 2.32.